The molecule has 0 radical (unpaired) electrons. The van der Waals surface area contributed by atoms with Crippen LogP contribution in [0.25, 0.3) is 0 Å². The Morgan fingerprint density at radius 1 is 1.22 bits per heavy atom. The molecule has 0 atom stereocenters. The van der Waals surface area contributed by atoms with Gasteiger partial charge in [-0.1, -0.05) is 17.7 Å². The molecule has 0 fully saturated rings. The van der Waals surface area contributed by atoms with Gasteiger partial charge in [0.2, 0.25) is 15.9 Å². The molecule has 1 aromatic rings. The standard InChI is InChI=1S/C16H26N2O4S/c1-12-9-13(2)16(14(3)10-12)17-15(19)11-18(23(5,20)21)7-6-8-22-4/h9-10H,6-8,11H2,1-5H3,(H,17,19). The van der Waals surface area contributed by atoms with E-state index in [4.69, 9.17) is 4.74 Å². The molecule has 0 saturated heterocycles. The second-order valence-electron chi connectivity index (χ2n) is 5.76. The van der Waals surface area contributed by atoms with Gasteiger partial charge >= 0.3 is 0 Å². The fraction of sp³-hybridized carbons (Fsp3) is 0.562. The Morgan fingerprint density at radius 2 is 1.78 bits per heavy atom. The Hall–Kier alpha value is -1.44. The average molecular weight is 342 g/mol. The molecule has 0 spiro atoms. The van der Waals surface area contributed by atoms with Gasteiger partial charge in [-0.05, 0) is 38.3 Å². The SMILES string of the molecule is COCCCN(CC(=O)Nc1c(C)cc(C)cc1C)S(C)(=O)=O. The van der Waals surface area contributed by atoms with Crippen molar-refractivity contribution in [2.24, 2.45) is 0 Å². The lowest BCUT2D eigenvalue weighted by Crippen LogP contribution is -2.38. The Kier molecular flexibility index (Phi) is 7.18. The first-order chi connectivity index (χ1) is 10.6. The molecular formula is C16H26N2O4S. The van der Waals surface area contributed by atoms with E-state index in [0.717, 1.165) is 28.6 Å². The second kappa shape index (κ2) is 8.42. The molecule has 6 nitrogen and oxygen atoms in total. The average Bonchev–Trinajstić information content (AvgIpc) is 2.41. The Labute approximate surface area is 138 Å². The van der Waals surface area contributed by atoms with Gasteiger partial charge in [0.15, 0.2) is 0 Å². The van der Waals surface area contributed by atoms with Gasteiger partial charge in [0.1, 0.15) is 0 Å². The fourth-order valence-electron chi connectivity index (χ4n) is 2.46. The third-order valence-corrected chi connectivity index (χ3v) is 4.74. The van der Waals surface area contributed by atoms with Crippen LogP contribution in [0.15, 0.2) is 12.1 Å². The van der Waals surface area contributed by atoms with Crippen LogP contribution in [0.4, 0.5) is 5.69 Å². The second-order valence-corrected chi connectivity index (χ2v) is 7.75. The number of sulfonamides is 1. The van der Waals surface area contributed by atoms with Crippen LogP contribution in [0.2, 0.25) is 0 Å². The summed E-state index contributed by atoms with van der Waals surface area (Å²) in [5.74, 6) is -0.345. The van der Waals surface area contributed by atoms with Gasteiger partial charge < -0.3 is 10.1 Å². The van der Waals surface area contributed by atoms with Crippen molar-refractivity contribution < 1.29 is 17.9 Å². The number of rotatable bonds is 8. The third-order valence-electron chi connectivity index (χ3n) is 3.49. The lowest BCUT2D eigenvalue weighted by molar-refractivity contribution is -0.116. The minimum absolute atomic E-state index is 0.199. The van der Waals surface area contributed by atoms with Crippen molar-refractivity contribution in [1.29, 1.82) is 0 Å². The topological polar surface area (TPSA) is 75.7 Å². The van der Waals surface area contributed by atoms with Crippen molar-refractivity contribution in [3.8, 4) is 0 Å². The highest BCUT2D eigenvalue weighted by atomic mass is 32.2. The predicted octanol–water partition coefficient (Wildman–Crippen LogP) is 1.85. The van der Waals surface area contributed by atoms with E-state index in [0.29, 0.717) is 13.0 Å². The summed E-state index contributed by atoms with van der Waals surface area (Å²) in [7, 11) is -1.89. The van der Waals surface area contributed by atoms with Crippen molar-refractivity contribution in [2.75, 3.05) is 38.4 Å². The molecule has 1 N–H and O–H groups in total. The number of aryl methyl sites for hydroxylation is 3. The van der Waals surface area contributed by atoms with Gasteiger partial charge in [-0.3, -0.25) is 4.79 Å². The number of methoxy groups -OCH3 is 1. The zero-order valence-electron chi connectivity index (χ0n) is 14.5. The van der Waals surface area contributed by atoms with E-state index < -0.39 is 10.0 Å². The van der Waals surface area contributed by atoms with Crippen molar-refractivity contribution >= 4 is 21.6 Å². The monoisotopic (exact) mass is 342 g/mol. The van der Waals surface area contributed by atoms with Crippen LogP contribution in [0.3, 0.4) is 0 Å². The first-order valence-corrected chi connectivity index (χ1v) is 9.31. The first kappa shape index (κ1) is 19.6. The van der Waals surface area contributed by atoms with E-state index in [-0.39, 0.29) is 19.0 Å². The number of amides is 1. The highest BCUT2D eigenvalue weighted by Gasteiger charge is 2.20. The number of carbonyl (C=O) groups excluding carboxylic acids is 1. The molecule has 1 rings (SSSR count). The molecule has 0 heterocycles. The summed E-state index contributed by atoms with van der Waals surface area (Å²) in [4.78, 5) is 12.2. The number of nitrogens with zero attached hydrogens (tertiary/aromatic N) is 1. The maximum atomic E-state index is 12.2. The Balaban J connectivity index is 2.80. The summed E-state index contributed by atoms with van der Waals surface area (Å²) in [6, 6.07) is 3.96. The predicted molar refractivity (Wildman–Crippen MR) is 92.2 cm³/mol. The van der Waals surface area contributed by atoms with Gasteiger partial charge in [0.25, 0.3) is 0 Å². The van der Waals surface area contributed by atoms with E-state index in [1.807, 2.05) is 32.9 Å². The summed E-state index contributed by atoms with van der Waals surface area (Å²) in [6.07, 6.45) is 1.65. The van der Waals surface area contributed by atoms with Crippen molar-refractivity contribution in [3.05, 3.63) is 28.8 Å². The number of ether oxygens (including phenoxy) is 1. The third kappa shape index (κ3) is 6.29. The summed E-state index contributed by atoms with van der Waals surface area (Å²) in [5.41, 5.74) is 3.78. The normalized spacial score (nSPS) is 11.7. The van der Waals surface area contributed by atoms with E-state index in [2.05, 4.69) is 5.32 Å². The molecule has 7 heteroatoms. The number of nitrogens with one attached hydrogen (secondary N) is 1. The zero-order chi connectivity index (χ0) is 17.6. The molecule has 0 bridgehead atoms. The highest BCUT2D eigenvalue weighted by molar-refractivity contribution is 7.88. The van der Waals surface area contributed by atoms with Gasteiger partial charge in [0, 0.05) is 25.9 Å². The number of anilines is 1. The van der Waals surface area contributed by atoms with Crippen LogP contribution in [0.1, 0.15) is 23.1 Å². The van der Waals surface area contributed by atoms with Crippen LogP contribution >= 0.6 is 0 Å². The fourth-order valence-corrected chi connectivity index (χ4v) is 3.28. The van der Waals surface area contributed by atoms with Gasteiger partial charge in [-0.25, -0.2) is 8.42 Å². The van der Waals surface area contributed by atoms with E-state index in [1.54, 1.807) is 7.11 Å². The van der Waals surface area contributed by atoms with Crippen molar-refractivity contribution in [1.82, 2.24) is 4.31 Å². The summed E-state index contributed by atoms with van der Waals surface area (Å²) >= 11 is 0. The smallest absolute Gasteiger partial charge is 0.239 e. The van der Waals surface area contributed by atoms with E-state index >= 15 is 0 Å². The molecule has 1 aromatic carbocycles. The molecule has 1 amide bonds. The number of carbonyl (C=O) groups is 1. The van der Waals surface area contributed by atoms with Gasteiger partial charge in [0.05, 0.1) is 12.8 Å². The first-order valence-electron chi connectivity index (χ1n) is 7.47. The zero-order valence-corrected chi connectivity index (χ0v) is 15.3. The minimum atomic E-state index is -3.44. The largest absolute Gasteiger partial charge is 0.385 e. The van der Waals surface area contributed by atoms with Gasteiger partial charge in [-0.2, -0.15) is 4.31 Å². The molecule has 0 aromatic heterocycles. The van der Waals surface area contributed by atoms with Crippen LogP contribution < -0.4 is 5.32 Å². The quantitative estimate of drug-likeness (QED) is 0.732. The maximum absolute atomic E-state index is 12.2. The van der Waals surface area contributed by atoms with E-state index in [1.165, 1.54) is 4.31 Å². The molecule has 130 valence electrons. The Bertz CT molecular complexity index is 633. The lowest BCUT2D eigenvalue weighted by Gasteiger charge is -2.20. The Morgan fingerprint density at radius 3 is 2.26 bits per heavy atom. The minimum Gasteiger partial charge on any atom is -0.385 e. The number of benzene rings is 1. The molecule has 0 saturated carbocycles. The summed E-state index contributed by atoms with van der Waals surface area (Å²) in [5, 5.41) is 2.82. The van der Waals surface area contributed by atoms with Gasteiger partial charge in [-0.15, -0.1) is 0 Å². The van der Waals surface area contributed by atoms with Crippen LogP contribution in [0, 0.1) is 20.8 Å². The molecule has 23 heavy (non-hydrogen) atoms. The lowest BCUT2D eigenvalue weighted by atomic mass is 10.1. The molecule has 0 aliphatic heterocycles. The van der Waals surface area contributed by atoms with Crippen LogP contribution in [-0.2, 0) is 19.6 Å². The molecule has 0 unspecified atom stereocenters. The summed E-state index contributed by atoms with van der Waals surface area (Å²) < 4.78 is 29.7. The summed E-state index contributed by atoms with van der Waals surface area (Å²) in [6.45, 7) is 6.34. The number of hydrogen-bond donors (Lipinski definition) is 1. The molecular weight excluding hydrogens is 316 g/mol. The molecule has 0 aliphatic carbocycles. The van der Waals surface area contributed by atoms with Crippen LogP contribution in [-0.4, -0.2) is 51.7 Å². The highest BCUT2D eigenvalue weighted by Crippen LogP contribution is 2.21. The van der Waals surface area contributed by atoms with Crippen LogP contribution in [0.5, 0.6) is 0 Å². The maximum Gasteiger partial charge on any atom is 0.239 e. The molecule has 0 aliphatic rings. The van der Waals surface area contributed by atoms with E-state index in [9.17, 15) is 13.2 Å². The van der Waals surface area contributed by atoms with Crippen molar-refractivity contribution in [2.45, 2.75) is 27.2 Å². The van der Waals surface area contributed by atoms with Crippen molar-refractivity contribution in [3.63, 3.8) is 0 Å². The number of hydrogen-bond acceptors (Lipinski definition) is 4.